The monoisotopic (exact) mass is 295 g/mol. The van der Waals surface area contributed by atoms with Crippen LogP contribution >= 0.6 is 11.6 Å². The highest BCUT2D eigenvalue weighted by Gasteiger charge is 2.20. The van der Waals surface area contributed by atoms with Gasteiger partial charge in [-0.2, -0.15) is 0 Å². The quantitative estimate of drug-likeness (QED) is 0.810. The van der Waals surface area contributed by atoms with E-state index in [1.54, 1.807) is 7.05 Å². The third-order valence-electron chi connectivity index (χ3n) is 3.56. The van der Waals surface area contributed by atoms with Crippen molar-refractivity contribution >= 4 is 23.2 Å². The van der Waals surface area contributed by atoms with Gasteiger partial charge in [-0.25, -0.2) is 0 Å². The van der Waals surface area contributed by atoms with Crippen LogP contribution in [0.25, 0.3) is 0 Å². The zero-order chi connectivity index (χ0) is 14.5. The Balaban J connectivity index is 2.03. The molecule has 2 N–H and O–H groups in total. The first-order chi connectivity index (χ1) is 9.63. The Morgan fingerprint density at radius 3 is 2.75 bits per heavy atom. The zero-order valence-corrected chi connectivity index (χ0v) is 12.8. The molecule has 1 aliphatic carbocycles. The summed E-state index contributed by atoms with van der Waals surface area (Å²) in [5, 5.41) is 6.85. The van der Waals surface area contributed by atoms with Crippen LogP contribution in [0.5, 0.6) is 0 Å². The number of halogens is 1. The highest BCUT2D eigenvalue weighted by atomic mass is 35.5. The van der Waals surface area contributed by atoms with E-state index >= 15 is 0 Å². The van der Waals surface area contributed by atoms with Crippen LogP contribution in [-0.4, -0.2) is 32.1 Å². The van der Waals surface area contributed by atoms with Crippen molar-refractivity contribution in [1.82, 2.24) is 10.6 Å². The number of hydrogen-bond donors (Lipinski definition) is 2. The van der Waals surface area contributed by atoms with Gasteiger partial charge in [0.2, 0.25) is 5.91 Å². The Hall–Kier alpha value is -1.26. The normalized spacial score (nSPS) is 14.2. The maximum absolute atomic E-state index is 11.5. The topological polar surface area (TPSA) is 44.4 Å². The van der Waals surface area contributed by atoms with Crippen molar-refractivity contribution in [2.24, 2.45) is 0 Å². The van der Waals surface area contributed by atoms with Crippen molar-refractivity contribution in [1.29, 1.82) is 0 Å². The number of carbonyl (C=O) groups is 1. The second-order valence-corrected chi connectivity index (χ2v) is 5.53. The highest BCUT2D eigenvalue weighted by Crippen LogP contribution is 2.25. The van der Waals surface area contributed by atoms with Gasteiger partial charge < -0.3 is 15.5 Å². The first kappa shape index (κ1) is 15.1. The molecule has 2 rings (SSSR count). The molecule has 1 saturated carbocycles. The molecule has 0 radical (unpaired) electrons. The molecule has 1 fully saturated rings. The molecular formula is C15H22ClN3O. The number of hydrogen-bond acceptors (Lipinski definition) is 3. The molecule has 0 atom stereocenters. The minimum absolute atomic E-state index is 0.00227. The van der Waals surface area contributed by atoms with Gasteiger partial charge in [0.15, 0.2) is 0 Å². The first-order valence-corrected chi connectivity index (χ1v) is 7.49. The molecule has 0 heterocycles. The Morgan fingerprint density at radius 2 is 2.20 bits per heavy atom. The van der Waals surface area contributed by atoms with Gasteiger partial charge in [0, 0.05) is 36.9 Å². The number of rotatable bonds is 7. The first-order valence-electron chi connectivity index (χ1n) is 7.11. The highest BCUT2D eigenvalue weighted by molar-refractivity contribution is 6.31. The predicted octanol–water partition coefficient (Wildman–Crippen LogP) is 2.16. The zero-order valence-electron chi connectivity index (χ0n) is 12.1. The number of nitrogens with zero attached hydrogens (tertiary/aromatic N) is 1. The van der Waals surface area contributed by atoms with Gasteiger partial charge in [-0.15, -0.1) is 0 Å². The summed E-state index contributed by atoms with van der Waals surface area (Å²) in [5.74, 6) is 0.00227. The van der Waals surface area contributed by atoms with E-state index in [0.29, 0.717) is 12.6 Å². The van der Waals surface area contributed by atoms with Crippen LogP contribution in [0.4, 0.5) is 5.69 Å². The smallest absolute Gasteiger partial charge is 0.239 e. The van der Waals surface area contributed by atoms with Crippen molar-refractivity contribution in [3.63, 3.8) is 0 Å². The van der Waals surface area contributed by atoms with Gasteiger partial charge in [-0.3, -0.25) is 4.79 Å². The second kappa shape index (κ2) is 6.95. The Kier molecular flexibility index (Phi) is 5.26. The van der Waals surface area contributed by atoms with Crippen LogP contribution in [0.1, 0.15) is 25.3 Å². The third kappa shape index (κ3) is 4.12. The number of carbonyl (C=O) groups excluding carboxylic acids is 1. The van der Waals surface area contributed by atoms with Gasteiger partial charge in [-0.05, 0) is 37.5 Å². The Morgan fingerprint density at radius 1 is 1.45 bits per heavy atom. The van der Waals surface area contributed by atoms with E-state index in [1.807, 2.05) is 30.0 Å². The van der Waals surface area contributed by atoms with Crippen LogP contribution in [0, 0.1) is 0 Å². The molecular weight excluding hydrogens is 274 g/mol. The number of nitrogens with one attached hydrogen (secondary N) is 2. The molecule has 1 aliphatic rings. The molecule has 0 bridgehead atoms. The lowest BCUT2D eigenvalue weighted by molar-refractivity contribution is -0.119. The number of likely N-dealkylation sites (N-methyl/N-ethyl adjacent to an activating group) is 2. The molecule has 4 nitrogen and oxygen atoms in total. The number of benzene rings is 1. The lowest BCUT2D eigenvalue weighted by atomic mass is 10.2. The van der Waals surface area contributed by atoms with Crippen molar-refractivity contribution in [2.75, 3.05) is 25.0 Å². The van der Waals surface area contributed by atoms with Gasteiger partial charge in [-0.1, -0.05) is 17.7 Å². The fourth-order valence-corrected chi connectivity index (χ4v) is 2.30. The summed E-state index contributed by atoms with van der Waals surface area (Å²) in [4.78, 5) is 13.5. The molecule has 0 aromatic heterocycles. The van der Waals surface area contributed by atoms with E-state index in [2.05, 4.69) is 10.6 Å². The summed E-state index contributed by atoms with van der Waals surface area (Å²) in [6.07, 6.45) is 2.54. The van der Waals surface area contributed by atoms with Crippen LogP contribution in [0.3, 0.4) is 0 Å². The maximum atomic E-state index is 11.5. The Labute approximate surface area is 125 Å². The molecule has 0 saturated heterocycles. The largest absolute Gasteiger partial charge is 0.362 e. The molecule has 1 amide bonds. The van der Waals surface area contributed by atoms with Crippen LogP contribution in [0.15, 0.2) is 18.2 Å². The van der Waals surface area contributed by atoms with E-state index in [4.69, 9.17) is 11.6 Å². The van der Waals surface area contributed by atoms with Crippen LogP contribution in [0.2, 0.25) is 5.02 Å². The summed E-state index contributed by atoms with van der Waals surface area (Å²) in [5.41, 5.74) is 2.09. The van der Waals surface area contributed by atoms with E-state index in [-0.39, 0.29) is 5.91 Å². The van der Waals surface area contributed by atoms with Crippen molar-refractivity contribution < 1.29 is 4.79 Å². The minimum atomic E-state index is 0.00227. The van der Waals surface area contributed by atoms with E-state index in [1.165, 1.54) is 12.8 Å². The SMILES string of the molecule is CCN(CC(=O)NC)c1ccc(CNC2CC2)c(Cl)c1. The van der Waals surface area contributed by atoms with Crippen LogP contribution < -0.4 is 15.5 Å². The summed E-state index contributed by atoms with van der Waals surface area (Å²) < 4.78 is 0. The average molecular weight is 296 g/mol. The van der Waals surface area contributed by atoms with E-state index in [0.717, 1.165) is 29.4 Å². The summed E-state index contributed by atoms with van der Waals surface area (Å²) in [6.45, 7) is 3.96. The molecule has 110 valence electrons. The number of anilines is 1. The standard InChI is InChI=1S/C15H22ClN3O/c1-3-19(10-15(20)17-2)13-7-4-11(14(16)8-13)9-18-12-5-6-12/h4,7-8,12,18H,3,5-6,9-10H2,1-2H3,(H,17,20). The minimum Gasteiger partial charge on any atom is -0.362 e. The maximum Gasteiger partial charge on any atom is 0.239 e. The molecule has 0 unspecified atom stereocenters. The van der Waals surface area contributed by atoms with Crippen LogP contribution in [-0.2, 0) is 11.3 Å². The predicted molar refractivity (Wildman–Crippen MR) is 83.3 cm³/mol. The molecule has 20 heavy (non-hydrogen) atoms. The summed E-state index contributed by atoms with van der Waals surface area (Å²) in [7, 11) is 1.65. The van der Waals surface area contributed by atoms with Crippen molar-refractivity contribution in [3.05, 3.63) is 28.8 Å². The van der Waals surface area contributed by atoms with Gasteiger partial charge in [0.05, 0.1) is 6.54 Å². The molecule has 0 aliphatic heterocycles. The lowest BCUT2D eigenvalue weighted by Crippen LogP contribution is -2.35. The average Bonchev–Trinajstić information content (AvgIpc) is 3.27. The fraction of sp³-hybridized carbons (Fsp3) is 0.533. The molecule has 1 aromatic rings. The fourth-order valence-electron chi connectivity index (χ4n) is 2.06. The Bertz CT molecular complexity index is 474. The van der Waals surface area contributed by atoms with Crippen molar-refractivity contribution in [3.8, 4) is 0 Å². The number of amides is 1. The summed E-state index contributed by atoms with van der Waals surface area (Å²) >= 11 is 6.34. The lowest BCUT2D eigenvalue weighted by Gasteiger charge is -2.23. The van der Waals surface area contributed by atoms with Gasteiger partial charge in [0.25, 0.3) is 0 Å². The van der Waals surface area contributed by atoms with Gasteiger partial charge in [0.1, 0.15) is 0 Å². The van der Waals surface area contributed by atoms with E-state index in [9.17, 15) is 4.79 Å². The summed E-state index contributed by atoms with van der Waals surface area (Å²) in [6, 6.07) is 6.69. The van der Waals surface area contributed by atoms with Gasteiger partial charge >= 0.3 is 0 Å². The molecule has 0 spiro atoms. The third-order valence-corrected chi connectivity index (χ3v) is 3.91. The van der Waals surface area contributed by atoms with Crippen molar-refractivity contribution in [2.45, 2.75) is 32.4 Å². The molecule has 5 heteroatoms. The molecule has 1 aromatic carbocycles. The van der Waals surface area contributed by atoms with E-state index < -0.39 is 0 Å². The second-order valence-electron chi connectivity index (χ2n) is 5.12.